The largest absolute Gasteiger partial charge is 0.460 e. The number of hydrogen-bond donors (Lipinski definition) is 0. The number of thiophene rings is 1. The van der Waals surface area contributed by atoms with Crippen molar-refractivity contribution < 1.29 is 91.5 Å². The third kappa shape index (κ3) is 5.67. The number of halogens is 19. The summed E-state index contributed by atoms with van der Waals surface area (Å²) in [4.78, 5) is -2.79. The maximum atomic E-state index is 14.1. The van der Waals surface area contributed by atoms with E-state index in [2.05, 4.69) is 38.4 Å². The summed E-state index contributed by atoms with van der Waals surface area (Å²) >= 11 is 5.23. The Labute approximate surface area is 243 Å². The van der Waals surface area contributed by atoms with Crippen molar-refractivity contribution in [1.29, 1.82) is 0 Å². The van der Waals surface area contributed by atoms with Gasteiger partial charge < -0.3 is 0 Å². The second-order valence-corrected chi connectivity index (χ2v) is 15.3. The Kier molecular flexibility index (Phi) is 10.1. The maximum absolute atomic E-state index is 14.1. The van der Waals surface area contributed by atoms with Gasteiger partial charge in [0, 0.05) is 11.8 Å². The summed E-state index contributed by atoms with van der Waals surface area (Å²) in [7, 11) is -10.5. The first-order valence-corrected chi connectivity index (χ1v) is 15.0. The highest BCUT2D eigenvalue weighted by Gasteiger charge is 2.95. The first kappa shape index (κ1) is 39.1. The molecule has 26 heteroatoms. The van der Waals surface area contributed by atoms with E-state index in [1.807, 2.05) is 0 Å². The van der Waals surface area contributed by atoms with Crippen molar-refractivity contribution in [2.24, 2.45) is 0 Å². The summed E-state index contributed by atoms with van der Waals surface area (Å²) in [5.41, 5.74) is 0. The molecule has 0 aliphatic carbocycles. The van der Waals surface area contributed by atoms with Gasteiger partial charge in [-0.05, 0) is 31.9 Å². The van der Waals surface area contributed by atoms with E-state index in [1.165, 1.54) is 0 Å². The van der Waals surface area contributed by atoms with Gasteiger partial charge in [0.2, 0.25) is 9.84 Å². The van der Waals surface area contributed by atoms with Crippen molar-refractivity contribution in [3.8, 4) is 0 Å². The highest BCUT2D eigenvalue weighted by atomic mass is 79.9. The van der Waals surface area contributed by atoms with E-state index in [-0.39, 0.29) is 16.7 Å². The molecule has 1 heterocycles. The fourth-order valence-electron chi connectivity index (χ4n) is 2.66. The Bertz CT molecular complexity index is 1430. The van der Waals surface area contributed by atoms with E-state index >= 15 is 0 Å². The van der Waals surface area contributed by atoms with Crippen LogP contribution in [0.1, 0.15) is 6.42 Å². The predicted octanol–water partition coefficient (Wildman–Crippen LogP) is 8.36. The minimum absolute atomic E-state index is 0.0922. The van der Waals surface area contributed by atoms with Crippen LogP contribution in [0.2, 0.25) is 0 Å². The van der Waals surface area contributed by atoms with Crippen LogP contribution < -0.4 is 0 Å². The highest BCUT2D eigenvalue weighted by Crippen LogP contribution is 2.64. The van der Waals surface area contributed by atoms with E-state index in [4.69, 9.17) is 0 Å². The van der Waals surface area contributed by atoms with Gasteiger partial charge in [-0.2, -0.15) is 74.6 Å². The van der Waals surface area contributed by atoms with Crippen molar-refractivity contribution in [2.45, 2.75) is 63.8 Å². The number of hydrogen-bond acceptors (Lipinski definition) is 5. The van der Waals surface area contributed by atoms with E-state index in [0.29, 0.717) is 0 Å². The van der Waals surface area contributed by atoms with Crippen LogP contribution >= 0.6 is 43.2 Å². The third-order valence-corrected chi connectivity index (χ3v) is 11.7. The molecule has 0 N–H and O–H groups in total. The zero-order chi connectivity index (χ0) is 34.1. The minimum Gasteiger partial charge on any atom is -0.224 e. The topological polar surface area (TPSA) is 68.3 Å². The molecular weight excluding hydrogens is 835 g/mol. The SMILES string of the molecule is C=CS(=O)(=O)c1c(Br)sc(Br)c1S(=O)(=O)CCC(F)(F)C(F)(F)C(F)(F)C(F)(F)C(F)(F)C(F)(F)C(F)(F)C(F)(F)F. The summed E-state index contributed by atoms with van der Waals surface area (Å²) in [6, 6.07) is 0. The second-order valence-electron chi connectivity index (χ2n) is 7.74. The molecule has 0 aromatic carbocycles. The van der Waals surface area contributed by atoms with Crippen molar-refractivity contribution in [1.82, 2.24) is 0 Å². The van der Waals surface area contributed by atoms with Crippen LogP contribution in [0.5, 0.6) is 0 Å². The molecule has 1 aromatic heterocycles. The van der Waals surface area contributed by atoms with Crippen LogP contribution in [0.4, 0.5) is 74.6 Å². The molecule has 0 atom stereocenters. The Morgan fingerprint density at radius 1 is 0.595 bits per heavy atom. The van der Waals surface area contributed by atoms with Crippen LogP contribution in [0, 0.1) is 0 Å². The van der Waals surface area contributed by atoms with Crippen LogP contribution in [0.3, 0.4) is 0 Å². The van der Waals surface area contributed by atoms with Crippen molar-refractivity contribution in [3.05, 3.63) is 19.6 Å². The van der Waals surface area contributed by atoms with Gasteiger partial charge in [-0.25, -0.2) is 16.8 Å². The van der Waals surface area contributed by atoms with Gasteiger partial charge in [-0.1, -0.05) is 6.58 Å². The average molecular weight is 842 g/mol. The number of sulfone groups is 2. The lowest BCUT2D eigenvalue weighted by Gasteiger charge is -2.42. The summed E-state index contributed by atoms with van der Waals surface area (Å²) in [5.74, 6) is -60.8. The molecule has 0 bridgehead atoms. The van der Waals surface area contributed by atoms with Gasteiger partial charge in [0.05, 0.1) is 13.3 Å². The molecule has 0 saturated heterocycles. The molecule has 0 radical (unpaired) electrons. The zero-order valence-electron chi connectivity index (χ0n) is 18.7. The lowest BCUT2D eigenvalue weighted by atomic mass is 9.88. The lowest BCUT2D eigenvalue weighted by Crippen LogP contribution is -2.74. The first-order chi connectivity index (χ1) is 18.1. The Morgan fingerprint density at radius 2 is 0.929 bits per heavy atom. The minimum atomic E-state index is -8.82. The molecule has 0 spiro atoms. The van der Waals surface area contributed by atoms with Gasteiger partial charge in [0.15, 0.2) is 9.84 Å². The van der Waals surface area contributed by atoms with Gasteiger partial charge in [0.1, 0.15) is 9.79 Å². The summed E-state index contributed by atoms with van der Waals surface area (Å²) < 4.78 is 275. The van der Waals surface area contributed by atoms with Crippen molar-refractivity contribution in [3.63, 3.8) is 0 Å². The molecule has 0 unspecified atom stereocenters. The molecule has 1 rings (SSSR count). The summed E-state index contributed by atoms with van der Waals surface area (Å²) in [6.07, 6.45) is -11.2. The molecule has 246 valence electrons. The molecule has 0 saturated carbocycles. The smallest absolute Gasteiger partial charge is 0.224 e. The predicted molar refractivity (Wildman–Crippen MR) is 114 cm³/mol. The van der Waals surface area contributed by atoms with Crippen LogP contribution in [-0.2, 0) is 19.7 Å². The monoisotopic (exact) mass is 840 g/mol. The van der Waals surface area contributed by atoms with Gasteiger partial charge in [-0.15, -0.1) is 11.3 Å². The fourth-order valence-corrected chi connectivity index (χ4v) is 10.8. The molecular formula is C16H7Br2F17O4S3. The quantitative estimate of drug-likeness (QED) is 0.199. The highest BCUT2D eigenvalue weighted by molar-refractivity contribution is 9.12. The number of rotatable bonds is 12. The van der Waals surface area contributed by atoms with E-state index < -0.39 is 96.8 Å². The standard InChI is InChI=1S/C16H7Br2F17O4S3/c1-2-41(36,37)5-6(8(18)40-7(5)17)42(38,39)4-3-9(19,20)10(21,22)11(23,24)12(25,26)13(27,28)14(29,30)15(31,32)16(33,34)35/h2H,1,3-4H2. The molecule has 0 fully saturated rings. The van der Waals surface area contributed by atoms with Gasteiger partial charge in [0.25, 0.3) is 0 Å². The molecule has 42 heavy (non-hydrogen) atoms. The Morgan fingerprint density at radius 3 is 1.29 bits per heavy atom. The lowest BCUT2D eigenvalue weighted by molar-refractivity contribution is -0.461. The van der Waals surface area contributed by atoms with Crippen LogP contribution in [-0.4, -0.2) is 70.2 Å². The molecule has 0 aliphatic heterocycles. The second kappa shape index (κ2) is 10.9. The fraction of sp³-hybridized carbons (Fsp3) is 0.625. The normalized spacial score (nSPS) is 15.7. The Hall–Kier alpha value is -0.890. The average Bonchev–Trinajstić information content (AvgIpc) is 3.11. The van der Waals surface area contributed by atoms with Gasteiger partial charge in [-0.3, -0.25) is 0 Å². The third-order valence-electron chi connectivity index (χ3n) is 5.03. The van der Waals surface area contributed by atoms with Crippen molar-refractivity contribution in [2.75, 3.05) is 5.75 Å². The molecule has 1 aromatic rings. The summed E-state index contributed by atoms with van der Waals surface area (Å²) in [6.45, 7) is 2.80. The van der Waals surface area contributed by atoms with E-state index in [1.54, 1.807) is 0 Å². The molecule has 0 aliphatic rings. The van der Waals surface area contributed by atoms with Crippen molar-refractivity contribution >= 4 is 62.9 Å². The van der Waals surface area contributed by atoms with Gasteiger partial charge >= 0.3 is 47.6 Å². The van der Waals surface area contributed by atoms with E-state index in [9.17, 15) is 91.5 Å². The summed E-state index contributed by atoms with van der Waals surface area (Å²) in [5, 5.41) is 0.0922. The molecule has 0 amide bonds. The first-order valence-electron chi connectivity index (χ1n) is 9.36. The van der Waals surface area contributed by atoms with Crippen LogP contribution in [0.15, 0.2) is 29.4 Å². The zero-order valence-corrected chi connectivity index (χ0v) is 24.4. The maximum Gasteiger partial charge on any atom is 0.460 e. The Balaban J connectivity index is 3.65. The van der Waals surface area contributed by atoms with E-state index in [0.717, 1.165) is 0 Å². The van der Waals surface area contributed by atoms with Crippen LogP contribution in [0.25, 0.3) is 0 Å². The number of alkyl halides is 17. The molecule has 4 nitrogen and oxygen atoms in total.